The minimum Gasteiger partial charge on any atom is -0.336 e. The summed E-state index contributed by atoms with van der Waals surface area (Å²) in [6.07, 6.45) is 0.515. The second-order valence-electron chi connectivity index (χ2n) is 4.56. The van der Waals surface area contributed by atoms with E-state index in [1.807, 2.05) is 13.8 Å². The lowest BCUT2D eigenvalue weighted by molar-refractivity contribution is 0.0687. The van der Waals surface area contributed by atoms with Crippen LogP contribution in [-0.2, 0) is 15.5 Å². The van der Waals surface area contributed by atoms with Gasteiger partial charge < -0.3 is 4.90 Å². The van der Waals surface area contributed by atoms with E-state index in [0.29, 0.717) is 24.1 Å². The molecule has 1 aliphatic rings. The quantitative estimate of drug-likeness (QED) is 0.782. The molecule has 1 heterocycles. The molecule has 1 amide bonds. The molecule has 1 aromatic carbocycles. The molecule has 18 heavy (non-hydrogen) atoms. The highest BCUT2D eigenvalue weighted by molar-refractivity contribution is 8.13. The minimum absolute atomic E-state index is 0.0541. The SMILES string of the molecule is CC(C)N1CCc2c(cccc2S(=O)(=O)Cl)C1=O. The smallest absolute Gasteiger partial charge is 0.261 e. The molecule has 0 saturated carbocycles. The molecule has 98 valence electrons. The van der Waals surface area contributed by atoms with Gasteiger partial charge in [-0.2, -0.15) is 0 Å². The number of fused-ring (bicyclic) bond motifs is 1. The zero-order chi connectivity index (χ0) is 13.5. The number of hydrogen-bond donors (Lipinski definition) is 0. The summed E-state index contributed by atoms with van der Waals surface area (Å²) < 4.78 is 22.9. The summed E-state index contributed by atoms with van der Waals surface area (Å²) in [6.45, 7) is 4.39. The summed E-state index contributed by atoms with van der Waals surface area (Å²) in [4.78, 5) is 14.0. The van der Waals surface area contributed by atoms with E-state index in [0.717, 1.165) is 0 Å². The van der Waals surface area contributed by atoms with Crippen molar-refractivity contribution in [2.75, 3.05) is 6.54 Å². The lowest BCUT2D eigenvalue weighted by atomic mass is 9.98. The fourth-order valence-electron chi connectivity index (χ4n) is 2.23. The minimum atomic E-state index is -3.80. The van der Waals surface area contributed by atoms with Crippen LogP contribution in [0.15, 0.2) is 23.1 Å². The topological polar surface area (TPSA) is 54.5 Å². The van der Waals surface area contributed by atoms with Crippen LogP contribution in [0.4, 0.5) is 0 Å². The number of rotatable bonds is 2. The monoisotopic (exact) mass is 287 g/mol. The van der Waals surface area contributed by atoms with Crippen LogP contribution in [0.5, 0.6) is 0 Å². The highest BCUT2D eigenvalue weighted by Gasteiger charge is 2.30. The van der Waals surface area contributed by atoms with Crippen LogP contribution in [0.3, 0.4) is 0 Å². The van der Waals surface area contributed by atoms with Gasteiger partial charge >= 0.3 is 0 Å². The molecule has 0 fully saturated rings. The van der Waals surface area contributed by atoms with E-state index in [1.165, 1.54) is 6.07 Å². The highest BCUT2D eigenvalue weighted by atomic mass is 35.7. The predicted molar refractivity (Wildman–Crippen MR) is 69.4 cm³/mol. The summed E-state index contributed by atoms with van der Waals surface area (Å²) in [5, 5.41) is 0. The van der Waals surface area contributed by atoms with Crippen molar-refractivity contribution in [3.8, 4) is 0 Å². The van der Waals surface area contributed by atoms with Gasteiger partial charge in [0.15, 0.2) is 0 Å². The summed E-state index contributed by atoms with van der Waals surface area (Å²) in [7, 11) is 1.59. The largest absolute Gasteiger partial charge is 0.336 e. The lowest BCUT2D eigenvalue weighted by Crippen LogP contribution is -2.42. The van der Waals surface area contributed by atoms with Crippen LogP contribution >= 0.6 is 10.7 Å². The zero-order valence-corrected chi connectivity index (χ0v) is 11.8. The molecule has 6 heteroatoms. The van der Waals surface area contributed by atoms with E-state index in [-0.39, 0.29) is 16.8 Å². The lowest BCUT2D eigenvalue weighted by Gasteiger charge is -2.32. The molecule has 0 N–H and O–H groups in total. The van der Waals surface area contributed by atoms with Gasteiger partial charge in [-0.25, -0.2) is 8.42 Å². The number of amides is 1. The first-order chi connectivity index (χ1) is 8.32. The van der Waals surface area contributed by atoms with E-state index in [9.17, 15) is 13.2 Å². The van der Waals surface area contributed by atoms with Gasteiger partial charge in [0.05, 0.1) is 4.90 Å². The van der Waals surface area contributed by atoms with Crippen molar-refractivity contribution in [3.63, 3.8) is 0 Å². The van der Waals surface area contributed by atoms with Gasteiger partial charge in [-0.15, -0.1) is 0 Å². The molecule has 1 aliphatic heterocycles. The average molecular weight is 288 g/mol. The predicted octanol–water partition coefficient (Wildman–Crippen LogP) is 2.02. The van der Waals surface area contributed by atoms with Crippen LogP contribution in [0.1, 0.15) is 29.8 Å². The van der Waals surface area contributed by atoms with Gasteiger partial charge in [0, 0.05) is 28.8 Å². The number of benzene rings is 1. The number of carbonyl (C=O) groups is 1. The second kappa shape index (κ2) is 4.55. The maximum absolute atomic E-state index is 12.2. The van der Waals surface area contributed by atoms with Gasteiger partial charge in [-0.1, -0.05) is 6.07 Å². The summed E-state index contributed by atoms with van der Waals surface area (Å²) in [6, 6.07) is 4.74. The first kappa shape index (κ1) is 13.4. The number of halogens is 1. The summed E-state index contributed by atoms with van der Waals surface area (Å²) in [5.41, 5.74) is 0.978. The Morgan fingerprint density at radius 3 is 2.56 bits per heavy atom. The molecule has 4 nitrogen and oxygen atoms in total. The first-order valence-electron chi connectivity index (χ1n) is 5.70. The van der Waals surface area contributed by atoms with Gasteiger partial charge in [0.25, 0.3) is 15.0 Å². The molecule has 0 unspecified atom stereocenters. The standard InChI is InChI=1S/C12H14ClNO3S/c1-8(2)14-7-6-9-10(12(14)15)4-3-5-11(9)18(13,16)17/h3-5,8H,6-7H2,1-2H3. The third-order valence-electron chi connectivity index (χ3n) is 3.11. The Balaban J connectivity index is 2.56. The van der Waals surface area contributed by atoms with E-state index >= 15 is 0 Å². The maximum Gasteiger partial charge on any atom is 0.261 e. The Labute approximate surface area is 111 Å². The normalized spacial score (nSPS) is 16.0. The zero-order valence-electron chi connectivity index (χ0n) is 10.2. The number of hydrogen-bond acceptors (Lipinski definition) is 3. The molecule has 0 bridgehead atoms. The van der Waals surface area contributed by atoms with Crippen molar-refractivity contribution in [2.45, 2.75) is 31.2 Å². The van der Waals surface area contributed by atoms with Gasteiger partial charge in [-0.05, 0) is 38.0 Å². The molecule has 0 radical (unpaired) electrons. The van der Waals surface area contributed by atoms with Crippen LogP contribution in [0, 0.1) is 0 Å². The van der Waals surface area contributed by atoms with Crippen molar-refractivity contribution in [1.29, 1.82) is 0 Å². The average Bonchev–Trinajstić information content (AvgIpc) is 2.27. The van der Waals surface area contributed by atoms with Crippen molar-refractivity contribution >= 4 is 25.6 Å². The fraction of sp³-hybridized carbons (Fsp3) is 0.417. The summed E-state index contributed by atoms with van der Waals surface area (Å²) >= 11 is 0. The van der Waals surface area contributed by atoms with E-state index in [4.69, 9.17) is 10.7 Å². The van der Waals surface area contributed by atoms with Crippen LogP contribution < -0.4 is 0 Å². The van der Waals surface area contributed by atoms with Gasteiger partial charge in [0.2, 0.25) is 0 Å². The molecular formula is C12H14ClNO3S. The van der Waals surface area contributed by atoms with Crippen molar-refractivity contribution < 1.29 is 13.2 Å². The third-order valence-corrected chi connectivity index (χ3v) is 4.52. The van der Waals surface area contributed by atoms with Crippen molar-refractivity contribution in [1.82, 2.24) is 4.90 Å². The molecule has 2 rings (SSSR count). The number of nitrogens with zero attached hydrogens (tertiary/aromatic N) is 1. The molecule has 0 aliphatic carbocycles. The third kappa shape index (κ3) is 2.24. The molecule has 0 aromatic heterocycles. The Kier molecular flexibility index (Phi) is 3.38. The highest BCUT2D eigenvalue weighted by Crippen LogP contribution is 2.28. The Morgan fingerprint density at radius 1 is 1.33 bits per heavy atom. The van der Waals surface area contributed by atoms with E-state index in [1.54, 1.807) is 17.0 Å². The van der Waals surface area contributed by atoms with Crippen molar-refractivity contribution in [2.24, 2.45) is 0 Å². The maximum atomic E-state index is 12.2. The Morgan fingerprint density at radius 2 is 2.00 bits per heavy atom. The number of carbonyl (C=O) groups excluding carboxylic acids is 1. The van der Waals surface area contributed by atoms with Crippen LogP contribution in [0.25, 0.3) is 0 Å². The van der Waals surface area contributed by atoms with Crippen molar-refractivity contribution in [3.05, 3.63) is 29.3 Å². The second-order valence-corrected chi connectivity index (χ2v) is 7.10. The molecular weight excluding hydrogens is 274 g/mol. The first-order valence-corrected chi connectivity index (χ1v) is 8.01. The van der Waals surface area contributed by atoms with Gasteiger partial charge in [-0.3, -0.25) is 4.79 Å². The van der Waals surface area contributed by atoms with E-state index in [2.05, 4.69) is 0 Å². The molecule has 1 aromatic rings. The summed E-state index contributed by atoms with van der Waals surface area (Å²) in [5.74, 6) is -0.131. The Hall–Kier alpha value is -1.07. The van der Waals surface area contributed by atoms with Gasteiger partial charge in [0.1, 0.15) is 0 Å². The van der Waals surface area contributed by atoms with E-state index < -0.39 is 9.05 Å². The van der Waals surface area contributed by atoms with Crippen LogP contribution in [-0.4, -0.2) is 31.8 Å². The Bertz CT molecular complexity index is 595. The molecule has 0 saturated heterocycles. The fourth-order valence-corrected chi connectivity index (χ4v) is 3.41. The molecule has 0 spiro atoms. The molecule has 0 atom stereocenters. The van der Waals surface area contributed by atoms with Crippen LogP contribution in [0.2, 0.25) is 0 Å².